The van der Waals surface area contributed by atoms with Crippen LogP contribution >= 0.6 is 0 Å². The zero-order valence-corrected chi connectivity index (χ0v) is 11.0. The van der Waals surface area contributed by atoms with Gasteiger partial charge in [-0.2, -0.15) is 26.7 Å². The summed E-state index contributed by atoms with van der Waals surface area (Å²) in [7, 11) is 0. The fourth-order valence-corrected chi connectivity index (χ4v) is 0.408. The summed E-state index contributed by atoms with van der Waals surface area (Å²) in [6, 6.07) is 0. The topological polar surface area (TPSA) is 0 Å². The number of hydrogen-bond acceptors (Lipinski definition) is 0. The van der Waals surface area contributed by atoms with Crippen LogP contribution in [0.2, 0.25) is 0 Å². The van der Waals surface area contributed by atoms with E-state index in [0.29, 0.717) is 0 Å². The van der Waals surface area contributed by atoms with Crippen LogP contribution in [-0.2, 0) is 19.5 Å². The third kappa shape index (κ3) is 38.2. The largest absolute Gasteiger partial charge is 2.00 e. The molecule has 0 aromatic carbocycles. The molecule has 0 nitrogen and oxygen atoms in total. The van der Waals surface area contributed by atoms with E-state index in [1.807, 2.05) is 20.3 Å². The Bertz CT molecular complexity index is 23.9. The van der Waals surface area contributed by atoms with E-state index in [2.05, 4.69) is 20.3 Å². The van der Waals surface area contributed by atoms with Gasteiger partial charge in [-0.25, -0.2) is 0 Å². The number of rotatable bonds is 3. The van der Waals surface area contributed by atoms with Gasteiger partial charge in [-0.05, 0) is 0 Å². The van der Waals surface area contributed by atoms with Crippen molar-refractivity contribution < 1.29 is 19.5 Å². The average Bonchev–Trinajstić information content (AvgIpc) is 1.86. The summed E-state index contributed by atoms with van der Waals surface area (Å²) >= 11 is 0. The molecule has 0 radical (unpaired) electrons. The van der Waals surface area contributed by atoms with E-state index in [4.69, 9.17) is 0 Å². The van der Waals surface area contributed by atoms with E-state index in [1.165, 1.54) is 19.3 Å². The van der Waals surface area contributed by atoms with E-state index < -0.39 is 0 Å². The molecule has 0 aliphatic carbocycles. The summed E-state index contributed by atoms with van der Waals surface area (Å²) < 4.78 is 0. The van der Waals surface area contributed by atoms with Crippen LogP contribution in [0.15, 0.2) is 0 Å². The van der Waals surface area contributed by atoms with Gasteiger partial charge >= 0.3 is 19.5 Å². The van der Waals surface area contributed by atoms with E-state index in [1.54, 1.807) is 0 Å². The molecule has 0 amide bonds. The molecule has 58 valence electrons. The van der Waals surface area contributed by atoms with Crippen LogP contribution in [0.4, 0.5) is 0 Å². The summed E-state index contributed by atoms with van der Waals surface area (Å²) in [5, 5.41) is 0. The Hall–Kier alpha value is 0.623. The minimum Gasteiger partial charge on any atom is -0.335 e. The Balaban J connectivity index is -0.000000107. The predicted octanol–water partition coefficient (Wildman–Crippen LogP) is 3.63. The molecule has 0 spiro atoms. The fourth-order valence-electron chi connectivity index (χ4n) is 0.408. The third-order valence-corrected chi connectivity index (χ3v) is 0.781. The minimum atomic E-state index is 0. The summed E-state index contributed by atoms with van der Waals surface area (Å²) in [4.78, 5) is 0. The van der Waals surface area contributed by atoms with Gasteiger partial charge in [-0.1, -0.05) is 20.3 Å². The van der Waals surface area contributed by atoms with Crippen molar-refractivity contribution in [2.24, 2.45) is 0 Å². The van der Waals surface area contributed by atoms with E-state index in [0.717, 1.165) is 0 Å². The van der Waals surface area contributed by atoms with Crippen LogP contribution in [0.1, 0.15) is 47.0 Å². The van der Waals surface area contributed by atoms with Gasteiger partial charge in [-0.15, -0.1) is 0 Å². The number of unbranched alkanes of at least 4 members (excludes halogenated alkanes) is 3. The van der Waals surface area contributed by atoms with E-state index in [-0.39, 0.29) is 19.5 Å². The second-order valence-electron chi connectivity index (χ2n) is 2.06. The van der Waals surface area contributed by atoms with Crippen molar-refractivity contribution in [3.8, 4) is 0 Å². The van der Waals surface area contributed by atoms with Gasteiger partial charge in [0.1, 0.15) is 0 Å². The predicted molar refractivity (Wildman–Crippen MR) is 45.1 cm³/mol. The van der Waals surface area contributed by atoms with Crippen molar-refractivity contribution in [3.63, 3.8) is 0 Å². The minimum absolute atomic E-state index is 0. The zero-order chi connectivity index (χ0) is 7.54. The first-order valence-corrected chi connectivity index (χ1v) is 3.89. The maximum Gasteiger partial charge on any atom is 2.00 e. The van der Waals surface area contributed by atoms with E-state index in [9.17, 15) is 0 Å². The van der Waals surface area contributed by atoms with Crippen molar-refractivity contribution >= 4 is 0 Å². The quantitative estimate of drug-likeness (QED) is 0.365. The molecule has 10 heavy (non-hydrogen) atoms. The summed E-state index contributed by atoms with van der Waals surface area (Å²) in [5.41, 5.74) is 0. The summed E-state index contributed by atoms with van der Waals surface area (Å²) in [6.07, 6.45) is 8.12. The van der Waals surface area contributed by atoms with Gasteiger partial charge in [0.15, 0.2) is 0 Å². The van der Waals surface area contributed by atoms with Gasteiger partial charge in [0.05, 0.1) is 0 Å². The van der Waals surface area contributed by atoms with Crippen molar-refractivity contribution in [2.75, 3.05) is 0 Å². The Morgan fingerprint density at radius 3 is 1.60 bits per heavy atom. The van der Waals surface area contributed by atoms with Gasteiger partial charge in [0.2, 0.25) is 0 Å². The molecule has 0 saturated carbocycles. The molecular weight excluding hydrogens is 173 g/mol. The van der Waals surface area contributed by atoms with Crippen LogP contribution in [0, 0.1) is 12.8 Å². The molecule has 0 aromatic rings. The molecule has 0 bridgehead atoms. The van der Waals surface area contributed by atoms with Crippen molar-refractivity contribution in [1.82, 2.24) is 0 Å². The molecule has 0 saturated heterocycles. The molecule has 0 rings (SSSR count). The average molecular weight is 194 g/mol. The molecule has 0 N–H and O–H groups in total. The second-order valence-corrected chi connectivity index (χ2v) is 2.06. The maximum absolute atomic E-state index is 2.31. The normalized spacial score (nSPS) is 7.20. The smallest absolute Gasteiger partial charge is 0.335 e. The molecule has 0 fully saturated rings. The van der Waals surface area contributed by atoms with Crippen LogP contribution in [0.25, 0.3) is 0 Å². The molecule has 0 heterocycles. The Morgan fingerprint density at radius 1 is 1.10 bits per heavy atom. The van der Waals surface area contributed by atoms with Gasteiger partial charge < -0.3 is 12.8 Å². The van der Waals surface area contributed by atoms with Crippen LogP contribution in [-0.4, -0.2) is 0 Å². The molecule has 0 unspecified atom stereocenters. The standard InChI is InChI=1S/C6H13.C3H7.Zn/c1-3-5-6-4-2;1-3-2;/h5H,3-4,6H2,1-2H3;3H,1-2H3;/q2*-1;+2. The molecule has 0 aliphatic rings. The van der Waals surface area contributed by atoms with Crippen LogP contribution in [0.5, 0.6) is 0 Å². The Kier molecular flexibility index (Phi) is 38.3. The first kappa shape index (κ1) is 16.9. The third-order valence-electron chi connectivity index (χ3n) is 0.781. The summed E-state index contributed by atoms with van der Waals surface area (Å²) in [6.45, 7) is 8.38. The van der Waals surface area contributed by atoms with Crippen molar-refractivity contribution in [3.05, 3.63) is 12.8 Å². The maximum atomic E-state index is 2.31. The Labute approximate surface area is 79.5 Å². The molecular formula is C9H20Zn. The van der Waals surface area contributed by atoms with Gasteiger partial charge in [0.25, 0.3) is 0 Å². The van der Waals surface area contributed by atoms with Gasteiger partial charge in [-0.3, -0.25) is 0 Å². The first-order valence-electron chi connectivity index (χ1n) is 3.89. The zero-order valence-electron chi connectivity index (χ0n) is 7.98. The molecule has 1 heteroatoms. The van der Waals surface area contributed by atoms with E-state index >= 15 is 0 Å². The first-order chi connectivity index (χ1) is 4.33. The summed E-state index contributed by atoms with van der Waals surface area (Å²) in [5.74, 6) is 0. The van der Waals surface area contributed by atoms with Gasteiger partial charge in [0, 0.05) is 0 Å². The van der Waals surface area contributed by atoms with Crippen LogP contribution < -0.4 is 0 Å². The SMILES string of the molecule is CC[CH-]CCC.C[CH-]C.[Zn+2]. The molecule has 0 atom stereocenters. The fraction of sp³-hybridized carbons (Fsp3) is 0.778. The monoisotopic (exact) mass is 192 g/mol. The second kappa shape index (κ2) is 22.6. The Morgan fingerprint density at radius 2 is 1.50 bits per heavy atom. The van der Waals surface area contributed by atoms with Crippen molar-refractivity contribution in [2.45, 2.75) is 47.0 Å². The molecule has 0 aliphatic heterocycles. The van der Waals surface area contributed by atoms with Crippen molar-refractivity contribution in [1.29, 1.82) is 0 Å². The molecule has 0 aromatic heterocycles. The van der Waals surface area contributed by atoms with Crippen LogP contribution in [0.3, 0.4) is 0 Å². The number of hydrogen-bond donors (Lipinski definition) is 0.